The van der Waals surface area contributed by atoms with Crippen LogP contribution in [0.4, 0.5) is 0 Å². The molecular weight excluding hydrogens is 218 g/mol. The van der Waals surface area contributed by atoms with E-state index in [2.05, 4.69) is 4.98 Å². The lowest BCUT2D eigenvalue weighted by Crippen LogP contribution is -1.89. The van der Waals surface area contributed by atoms with Crippen LogP contribution in [0.25, 0.3) is 10.2 Å². The number of rotatable bonds is 0. The van der Waals surface area contributed by atoms with Gasteiger partial charge in [0.25, 0.3) is 0 Å². The Balaban J connectivity index is 0.000000138. The van der Waals surface area contributed by atoms with Gasteiger partial charge in [0.2, 0.25) is 0 Å². The Kier molecular flexibility index (Phi) is 4.17. The topological polar surface area (TPSA) is 32.9 Å². The third kappa shape index (κ3) is 3.20. The summed E-state index contributed by atoms with van der Waals surface area (Å²) in [4.78, 5) is 13.5. The summed E-state index contributed by atoms with van der Waals surface area (Å²) in [6.07, 6.45) is 9.00. The van der Waals surface area contributed by atoms with Gasteiger partial charge in [-0.3, -0.25) is 4.79 Å². The normalized spacial score (nSPS) is 15.5. The molecule has 1 aliphatic rings. The molecule has 0 atom stereocenters. The van der Waals surface area contributed by atoms with Gasteiger partial charge in [-0.1, -0.05) is 62.0 Å². The molecule has 1 saturated carbocycles. The van der Waals surface area contributed by atoms with E-state index in [0.717, 1.165) is 10.2 Å². The van der Waals surface area contributed by atoms with Crippen molar-refractivity contribution in [1.29, 1.82) is 0 Å². The first-order chi connectivity index (χ1) is 7.86. The molecule has 0 saturated heterocycles. The minimum Gasteiger partial charge on any atom is -0.312 e. The molecule has 0 unspecified atom stereocenters. The highest BCUT2D eigenvalue weighted by Crippen LogP contribution is 2.15. The van der Waals surface area contributed by atoms with Crippen LogP contribution in [0.3, 0.4) is 0 Å². The molecule has 86 valence electrons. The molecule has 1 aliphatic carbocycles. The van der Waals surface area contributed by atoms with E-state index in [1.165, 1.54) is 49.9 Å². The molecule has 1 aromatic carbocycles. The zero-order chi connectivity index (χ0) is 11.2. The van der Waals surface area contributed by atoms with Crippen molar-refractivity contribution in [2.45, 2.75) is 38.5 Å². The number of fused-ring (bicyclic) bond motifs is 1. The second-order valence-electron chi connectivity index (χ2n) is 4.13. The maximum absolute atomic E-state index is 10.8. The quantitative estimate of drug-likeness (QED) is 0.737. The molecule has 1 N–H and O–H groups in total. The van der Waals surface area contributed by atoms with E-state index < -0.39 is 0 Å². The van der Waals surface area contributed by atoms with E-state index in [4.69, 9.17) is 0 Å². The summed E-state index contributed by atoms with van der Waals surface area (Å²) < 4.78 is 1.02. The number of thiazole rings is 1. The zero-order valence-corrected chi connectivity index (χ0v) is 10.2. The van der Waals surface area contributed by atoms with Crippen LogP contribution in [-0.4, -0.2) is 4.98 Å². The molecule has 0 spiro atoms. The Morgan fingerprint density at radius 3 is 2.06 bits per heavy atom. The Bertz CT molecular complexity index is 434. The fraction of sp³-hybridized carbons (Fsp3) is 0.462. The minimum atomic E-state index is 0.0150. The predicted molar refractivity (Wildman–Crippen MR) is 70.1 cm³/mol. The molecule has 1 aromatic heterocycles. The van der Waals surface area contributed by atoms with Gasteiger partial charge in [-0.15, -0.1) is 0 Å². The molecule has 2 aromatic rings. The standard InChI is InChI=1S/C7H5NOS.C6H12/c9-7-8-5-3-1-2-4-6(5)10-7;1-2-4-6-5-3-1/h1-4H,(H,8,9);1-6H2. The number of H-pyrrole nitrogens is 1. The number of hydrogen-bond donors (Lipinski definition) is 1. The van der Waals surface area contributed by atoms with Gasteiger partial charge in [0.15, 0.2) is 0 Å². The monoisotopic (exact) mass is 235 g/mol. The number of para-hydroxylation sites is 1. The Morgan fingerprint density at radius 2 is 1.50 bits per heavy atom. The van der Waals surface area contributed by atoms with Gasteiger partial charge < -0.3 is 4.98 Å². The van der Waals surface area contributed by atoms with Crippen LogP contribution in [0.15, 0.2) is 29.1 Å². The second kappa shape index (κ2) is 5.85. The van der Waals surface area contributed by atoms with Crippen molar-refractivity contribution in [1.82, 2.24) is 4.98 Å². The summed E-state index contributed by atoms with van der Waals surface area (Å²) in [6.45, 7) is 0. The van der Waals surface area contributed by atoms with Gasteiger partial charge in [-0.25, -0.2) is 0 Å². The van der Waals surface area contributed by atoms with E-state index in [1.54, 1.807) is 0 Å². The first-order valence-electron chi connectivity index (χ1n) is 5.94. The first kappa shape index (κ1) is 11.4. The van der Waals surface area contributed by atoms with Crippen molar-refractivity contribution in [2.24, 2.45) is 0 Å². The fourth-order valence-corrected chi connectivity index (χ4v) is 2.69. The van der Waals surface area contributed by atoms with E-state index in [-0.39, 0.29) is 4.87 Å². The third-order valence-electron chi connectivity index (χ3n) is 2.83. The van der Waals surface area contributed by atoms with Crippen molar-refractivity contribution in [2.75, 3.05) is 0 Å². The average molecular weight is 235 g/mol. The Morgan fingerprint density at radius 1 is 0.938 bits per heavy atom. The lowest BCUT2D eigenvalue weighted by atomic mass is 10.0. The molecule has 16 heavy (non-hydrogen) atoms. The molecule has 1 heterocycles. The molecule has 3 rings (SSSR count). The molecule has 0 bridgehead atoms. The molecule has 0 radical (unpaired) electrons. The molecule has 0 amide bonds. The van der Waals surface area contributed by atoms with E-state index in [1.807, 2.05) is 24.3 Å². The van der Waals surface area contributed by atoms with E-state index >= 15 is 0 Å². The largest absolute Gasteiger partial charge is 0.312 e. The van der Waals surface area contributed by atoms with Gasteiger partial charge >= 0.3 is 4.87 Å². The highest BCUT2D eigenvalue weighted by Gasteiger charge is 1.95. The fourth-order valence-electron chi connectivity index (χ4n) is 1.95. The van der Waals surface area contributed by atoms with Crippen molar-refractivity contribution in [3.63, 3.8) is 0 Å². The SMILES string of the molecule is C1CCCCC1.O=c1[nH]c2ccccc2s1. The number of hydrogen-bond acceptors (Lipinski definition) is 2. The molecule has 3 heteroatoms. The summed E-state index contributed by atoms with van der Waals surface area (Å²) >= 11 is 1.24. The zero-order valence-electron chi connectivity index (χ0n) is 9.37. The van der Waals surface area contributed by atoms with Gasteiger partial charge in [0.05, 0.1) is 10.2 Å². The van der Waals surface area contributed by atoms with Crippen molar-refractivity contribution >= 4 is 21.6 Å². The highest BCUT2D eigenvalue weighted by atomic mass is 32.1. The van der Waals surface area contributed by atoms with Crippen molar-refractivity contribution < 1.29 is 0 Å². The number of aromatic nitrogens is 1. The van der Waals surface area contributed by atoms with Gasteiger partial charge in [0.1, 0.15) is 0 Å². The minimum absolute atomic E-state index is 0.0150. The highest BCUT2D eigenvalue weighted by molar-refractivity contribution is 7.16. The lowest BCUT2D eigenvalue weighted by Gasteiger charge is -2.05. The third-order valence-corrected chi connectivity index (χ3v) is 3.69. The van der Waals surface area contributed by atoms with Crippen LogP contribution in [0.5, 0.6) is 0 Å². The molecule has 0 aliphatic heterocycles. The van der Waals surface area contributed by atoms with Gasteiger partial charge in [-0.05, 0) is 12.1 Å². The van der Waals surface area contributed by atoms with Crippen molar-refractivity contribution in [3.05, 3.63) is 33.9 Å². The average Bonchev–Trinajstić information content (AvgIpc) is 2.72. The van der Waals surface area contributed by atoms with Crippen molar-refractivity contribution in [3.8, 4) is 0 Å². The van der Waals surface area contributed by atoms with Crippen LogP contribution < -0.4 is 4.87 Å². The van der Waals surface area contributed by atoms with E-state index in [9.17, 15) is 4.79 Å². The number of nitrogens with one attached hydrogen (secondary N) is 1. The first-order valence-corrected chi connectivity index (χ1v) is 6.76. The van der Waals surface area contributed by atoms with Crippen LogP contribution >= 0.6 is 11.3 Å². The maximum atomic E-state index is 10.8. The van der Waals surface area contributed by atoms with E-state index in [0.29, 0.717) is 0 Å². The maximum Gasteiger partial charge on any atom is 0.305 e. The Labute approximate surface area is 99.3 Å². The van der Waals surface area contributed by atoms with Gasteiger partial charge in [-0.2, -0.15) is 0 Å². The Hall–Kier alpha value is -1.09. The summed E-state index contributed by atoms with van der Waals surface area (Å²) in [5, 5.41) is 0. The molecule has 1 fully saturated rings. The van der Waals surface area contributed by atoms with Crippen LogP contribution in [0.2, 0.25) is 0 Å². The van der Waals surface area contributed by atoms with Crippen LogP contribution in [0.1, 0.15) is 38.5 Å². The van der Waals surface area contributed by atoms with Gasteiger partial charge in [0, 0.05) is 0 Å². The second-order valence-corrected chi connectivity index (χ2v) is 5.15. The predicted octanol–water partition coefficient (Wildman–Crippen LogP) is 3.93. The smallest absolute Gasteiger partial charge is 0.305 e. The lowest BCUT2D eigenvalue weighted by molar-refractivity contribution is 0.504. The number of aromatic amines is 1. The summed E-state index contributed by atoms with van der Waals surface area (Å²) in [5.74, 6) is 0. The van der Waals surface area contributed by atoms with Crippen LogP contribution in [0, 0.1) is 0 Å². The molecule has 2 nitrogen and oxygen atoms in total. The summed E-state index contributed by atoms with van der Waals surface area (Å²) in [6, 6.07) is 7.65. The summed E-state index contributed by atoms with van der Waals surface area (Å²) in [7, 11) is 0. The molecular formula is C13H17NOS. The summed E-state index contributed by atoms with van der Waals surface area (Å²) in [5.41, 5.74) is 0.928. The number of benzene rings is 1. The van der Waals surface area contributed by atoms with Crippen LogP contribution in [-0.2, 0) is 0 Å².